The highest BCUT2D eigenvalue weighted by Gasteiger charge is 1.98. The Labute approximate surface area is 130 Å². The van der Waals surface area contributed by atoms with Gasteiger partial charge in [0.15, 0.2) is 5.96 Å². The van der Waals surface area contributed by atoms with Gasteiger partial charge in [-0.3, -0.25) is 15.0 Å². The molecule has 0 atom stereocenters. The van der Waals surface area contributed by atoms with Gasteiger partial charge in [-0.25, -0.2) is 0 Å². The Morgan fingerprint density at radius 2 is 2.05 bits per heavy atom. The summed E-state index contributed by atoms with van der Waals surface area (Å²) in [6.07, 6.45) is 6.07. The van der Waals surface area contributed by atoms with Crippen LogP contribution in [0, 0.1) is 0 Å². The highest BCUT2D eigenvalue weighted by atomic mass is 16.5. The molecular weight excluding hydrogens is 278 g/mol. The number of rotatable bonds is 7. The van der Waals surface area contributed by atoms with Crippen LogP contribution >= 0.6 is 0 Å². The normalized spacial score (nSPS) is 11.0. The minimum atomic E-state index is 0.548. The summed E-state index contributed by atoms with van der Waals surface area (Å²) in [6, 6.07) is 9.65. The average Bonchev–Trinajstić information content (AvgIpc) is 2.59. The van der Waals surface area contributed by atoms with Crippen LogP contribution in [0.3, 0.4) is 0 Å². The van der Waals surface area contributed by atoms with Crippen LogP contribution in [0.25, 0.3) is 0 Å². The highest BCUT2D eigenvalue weighted by Crippen LogP contribution is 2.04. The molecule has 2 aromatic rings. The SMILES string of the molecule is CN=C(NCCOc1cccnc1)NCCc1ccccn1. The number of ether oxygens (including phenoxy) is 1. The molecule has 2 N–H and O–H groups in total. The molecule has 0 amide bonds. The highest BCUT2D eigenvalue weighted by molar-refractivity contribution is 5.79. The van der Waals surface area contributed by atoms with E-state index in [1.165, 1.54) is 0 Å². The van der Waals surface area contributed by atoms with Gasteiger partial charge in [-0.2, -0.15) is 0 Å². The van der Waals surface area contributed by atoms with Gasteiger partial charge in [0.05, 0.1) is 12.7 Å². The van der Waals surface area contributed by atoms with Crippen molar-refractivity contribution < 1.29 is 4.74 Å². The van der Waals surface area contributed by atoms with E-state index in [9.17, 15) is 0 Å². The maximum Gasteiger partial charge on any atom is 0.191 e. The molecule has 0 unspecified atom stereocenters. The minimum absolute atomic E-state index is 0.548. The van der Waals surface area contributed by atoms with Crippen molar-refractivity contribution >= 4 is 5.96 Å². The summed E-state index contributed by atoms with van der Waals surface area (Å²) in [5.74, 6) is 1.52. The molecule has 2 rings (SSSR count). The number of hydrogen-bond donors (Lipinski definition) is 2. The van der Waals surface area contributed by atoms with Crippen LogP contribution in [-0.2, 0) is 6.42 Å². The van der Waals surface area contributed by atoms with Crippen LogP contribution in [0.1, 0.15) is 5.69 Å². The van der Waals surface area contributed by atoms with Gasteiger partial charge in [0, 0.05) is 38.1 Å². The molecule has 0 aliphatic heterocycles. The first-order chi connectivity index (χ1) is 10.9. The standard InChI is InChI=1S/C16H21N5O/c1-17-16(20-10-7-14-5-2-3-9-19-14)21-11-12-22-15-6-4-8-18-13-15/h2-6,8-9,13H,7,10-12H2,1H3,(H2,17,20,21). The summed E-state index contributed by atoms with van der Waals surface area (Å²) >= 11 is 0. The maximum absolute atomic E-state index is 5.56. The van der Waals surface area contributed by atoms with E-state index in [1.54, 1.807) is 25.6 Å². The maximum atomic E-state index is 5.56. The molecule has 6 nitrogen and oxygen atoms in total. The van der Waals surface area contributed by atoms with E-state index in [0.29, 0.717) is 13.2 Å². The zero-order chi connectivity index (χ0) is 15.5. The lowest BCUT2D eigenvalue weighted by atomic mass is 10.3. The molecule has 6 heteroatoms. The Morgan fingerprint density at radius 3 is 2.77 bits per heavy atom. The van der Waals surface area contributed by atoms with Gasteiger partial charge >= 0.3 is 0 Å². The summed E-state index contributed by atoms with van der Waals surface area (Å²) < 4.78 is 5.56. The molecule has 2 heterocycles. The van der Waals surface area contributed by atoms with E-state index >= 15 is 0 Å². The molecule has 0 aromatic carbocycles. The van der Waals surface area contributed by atoms with Gasteiger partial charge in [-0.1, -0.05) is 6.07 Å². The number of aliphatic imine (C=N–C) groups is 1. The second kappa shape index (κ2) is 9.33. The lowest BCUT2D eigenvalue weighted by Crippen LogP contribution is -2.40. The molecule has 0 aliphatic carbocycles. The summed E-state index contributed by atoms with van der Waals surface area (Å²) in [7, 11) is 1.75. The van der Waals surface area contributed by atoms with Gasteiger partial charge in [-0.15, -0.1) is 0 Å². The number of nitrogens with one attached hydrogen (secondary N) is 2. The Bertz CT molecular complexity index is 559. The van der Waals surface area contributed by atoms with Crippen molar-refractivity contribution in [2.24, 2.45) is 4.99 Å². The van der Waals surface area contributed by atoms with Crippen molar-refractivity contribution in [3.8, 4) is 5.75 Å². The van der Waals surface area contributed by atoms with Crippen LogP contribution in [-0.4, -0.2) is 42.7 Å². The van der Waals surface area contributed by atoms with Crippen LogP contribution in [0.2, 0.25) is 0 Å². The number of aromatic nitrogens is 2. The van der Waals surface area contributed by atoms with Gasteiger partial charge in [0.25, 0.3) is 0 Å². The lowest BCUT2D eigenvalue weighted by molar-refractivity contribution is 0.320. The Balaban J connectivity index is 1.61. The lowest BCUT2D eigenvalue weighted by Gasteiger charge is -2.12. The third-order valence-electron chi connectivity index (χ3n) is 2.92. The number of pyridine rings is 2. The fourth-order valence-electron chi connectivity index (χ4n) is 1.85. The molecule has 116 valence electrons. The third-order valence-corrected chi connectivity index (χ3v) is 2.92. The van der Waals surface area contributed by atoms with E-state index in [-0.39, 0.29) is 0 Å². The van der Waals surface area contributed by atoms with Crippen LogP contribution in [0.4, 0.5) is 0 Å². The van der Waals surface area contributed by atoms with Crippen molar-refractivity contribution in [2.45, 2.75) is 6.42 Å². The van der Waals surface area contributed by atoms with Gasteiger partial charge in [-0.05, 0) is 24.3 Å². The zero-order valence-electron chi connectivity index (χ0n) is 12.7. The van der Waals surface area contributed by atoms with Crippen LogP contribution in [0.5, 0.6) is 5.75 Å². The molecule has 0 radical (unpaired) electrons. The van der Waals surface area contributed by atoms with E-state index in [4.69, 9.17) is 4.74 Å². The van der Waals surface area contributed by atoms with Gasteiger partial charge in [0.2, 0.25) is 0 Å². The topological polar surface area (TPSA) is 71.4 Å². The average molecular weight is 299 g/mol. The minimum Gasteiger partial charge on any atom is -0.490 e. The third kappa shape index (κ3) is 5.78. The summed E-state index contributed by atoms with van der Waals surface area (Å²) in [5, 5.41) is 6.45. The van der Waals surface area contributed by atoms with E-state index in [2.05, 4.69) is 25.6 Å². The number of hydrogen-bond acceptors (Lipinski definition) is 4. The molecule has 0 bridgehead atoms. The van der Waals surface area contributed by atoms with Crippen molar-refractivity contribution in [3.05, 3.63) is 54.6 Å². The van der Waals surface area contributed by atoms with Crippen LogP contribution in [0.15, 0.2) is 53.9 Å². The zero-order valence-corrected chi connectivity index (χ0v) is 12.7. The first kappa shape index (κ1) is 15.8. The van der Waals surface area contributed by atoms with Crippen molar-refractivity contribution in [1.82, 2.24) is 20.6 Å². The first-order valence-corrected chi connectivity index (χ1v) is 7.26. The molecule has 0 saturated carbocycles. The monoisotopic (exact) mass is 299 g/mol. The Kier molecular flexibility index (Phi) is 6.68. The molecular formula is C16H21N5O. The molecule has 2 aromatic heterocycles. The first-order valence-electron chi connectivity index (χ1n) is 7.26. The predicted octanol–water partition coefficient (Wildman–Crippen LogP) is 1.26. The fraction of sp³-hybridized carbons (Fsp3) is 0.312. The van der Waals surface area contributed by atoms with Crippen molar-refractivity contribution in [2.75, 3.05) is 26.7 Å². The predicted molar refractivity (Wildman–Crippen MR) is 87.0 cm³/mol. The van der Waals surface area contributed by atoms with E-state index in [0.717, 1.165) is 30.4 Å². The largest absolute Gasteiger partial charge is 0.490 e. The number of nitrogens with zero attached hydrogens (tertiary/aromatic N) is 3. The second-order valence-electron chi connectivity index (χ2n) is 4.53. The summed E-state index contributed by atoms with van der Waals surface area (Å²) in [6.45, 7) is 1.99. The van der Waals surface area contributed by atoms with Crippen molar-refractivity contribution in [3.63, 3.8) is 0 Å². The Morgan fingerprint density at radius 1 is 1.14 bits per heavy atom. The van der Waals surface area contributed by atoms with Crippen molar-refractivity contribution in [1.29, 1.82) is 0 Å². The fourth-order valence-corrected chi connectivity index (χ4v) is 1.85. The quantitative estimate of drug-likeness (QED) is 0.457. The van der Waals surface area contributed by atoms with E-state index in [1.807, 2.05) is 30.3 Å². The van der Waals surface area contributed by atoms with Crippen LogP contribution < -0.4 is 15.4 Å². The van der Waals surface area contributed by atoms with Gasteiger partial charge < -0.3 is 15.4 Å². The molecule has 0 aliphatic rings. The van der Waals surface area contributed by atoms with Gasteiger partial charge in [0.1, 0.15) is 12.4 Å². The summed E-state index contributed by atoms with van der Waals surface area (Å²) in [5.41, 5.74) is 1.06. The molecule has 0 fully saturated rings. The molecule has 0 spiro atoms. The Hall–Kier alpha value is -2.63. The molecule has 0 saturated heterocycles. The molecule has 22 heavy (non-hydrogen) atoms. The van der Waals surface area contributed by atoms with E-state index < -0.39 is 0 Å². The second-order valence-corrected chi connectivity index (χ2v) is 4.53. The smallest absolute Gasteiger partial charge is 0.191 e. The summed E-state index contributed by atoms with van der Waals surface area (Å²) in [4.78, 5) is 12.5. The number of guanidine groups is 1.